The maximum Gasteiger partial charge on any atom is 0.452 e. The average Bonchev–Trinajstić information content (AvgIpc) is 2.91. The van der Waals surface area contributed by atoms with Gasteiger partial charge in [-0.3, -0.25) is 24.0 Å². The SMILES string of the molecule is COc1ccc([C@H](NC(=O)[C@H](CCC(N)=O)NC(=O)c2cccc(Cl)c2)C(=O)N[C@H](C(=O)C(F)(F)F)C(C)C)cc1. The molecule has 2 aromatic carbocycles. The van der Waals surface area contributed by atoms with Crippen molar-refractivity contribution in [3.05, 3.63) is 64.7 Å². The van der Waals surface area contributed by atoms with Crippen LogP contribution in [-0.2, 0) is 19.2 Å². The van der Waals surface area contributed by atoms with Gasteiger partial charge in [-0.25, -0.2) is 0 Å². The number of rotatable bonds is 13. The molecule has 3 atom stereocenters. The van der Waals surface area contributed by atoms with Gasteiger partial charge in [0.25, 0.3) is 11.7 Å². The molecule has 0 fully saturated rings. The number of nitrogens with one attached hydrogen (secondary N) is 3. The Morgan fingerprint density at radius 2 is 1.59 bits per heavy atom. The molecule has 10 nitrogen and oxygen atoms in total. The molecule has 0 heterocycles. The Bertz CT molecular complexity index is 1270. The first-order valence-corrected chi connectivity index (χ1v) is 12.7. The van der Waals surface area contributed by atoms with Crippen molar-refractivity contribution in [3.63, 3.8) is 0 Å². The molecule has 2 aromatic rings. The Labute approximate surface area is 239 Å². The second-order valence-electron chi connectivity index (χ2n) is 9.35. The van der Waals surface area contributed by atoms with Crippen molar-refractivity contribution in [2.45, 2.75) is 51.0 Å². The number of hydrogen-bond donors (Lipinski definition) is 4. The molecular formula is C27H30ClF3N4O6. The number of alkyl halides is 3. The fraction of sp³-hybridized carbons (Fsp3) is 0.370. The Kier molecular flexibility index (Phi) is 11.7. The summed E-state index contributed by atoms with van der Waals surface area (Å²) >= 11 is 5.93. The predicted octanol–water partition coefficient (Wildman–Crippen LogP) is 2.84. The molecule has 0 aliphatic rings. The van der Waals surface area contributed by atoms with E-state index >= 15 is 0 Å². The highest BCUT2D eigenvalue weighted by Crippen LogP contribution is 2.23. The first-order valence-electron chi connectivity index (χ1n) is 12.3. The second kappa shape index (κ2) is 14.5. The van der Waals surface area contributed by atoms with Gasteiger partial charge >= 0.3 is 6.18 Å². The smallest absolute Gasteiger partial charge is 0.452 e. The number of halogens is 4. The lowest BCUT2D eigenvalue weighted by Gasteiger charge is -2.27. The molecule has 0 spiro atoms. The van der Waals surface area contributed by atoms with Crippen molar-refractivity contribution in [3.8, 4) is 5.75 Å². The van der Waals surface area contributed by atoms with Gasteiger partial charge in [-0.15, -0.1) is 0 Å². The van der Waals surface area contributed by atoms with Gasteiger partial charge in [0.15, 0.2) is 0 Å². The maximum absolute atomic E-state index is 13.4. The molecular weight excluding hydrogens is 569 g/mol. The van der Waals surface area contributed by atoms with Crippen molar-refractivity contribution in [2.24, 2.45) is 11.7 Å². The van der Waals surface area contributed by atoms with Gasteiger partial charge in [-0.1, -0.05) is 43.6 Å². The van der Waals surface area contributed by atoms with Crippen molar-refractivity contribution in [2.75, 3.05) is 7.11 Å². The van der Waals surface area contributed by atoms with Gasteiger partial charge in [0.05, 0.1) is 13.2 Å². The van der Waals surface area contributed by atoms with Crippen LogP contribution in [0.4, 0.5) is 13.2 Å². The Balaban J connectivity index is 2.40. The van der Waals surface area contributed by atoms with Crippen LogP contribution < -0.4 is 26.4 Å². The van der Waals surface area contributed by atoms with Crippen LogP contribution in [0.2, 0.25) is 5.02 Å². The van der Waals surface area contributed by atoms with Crippen LogP contribution in [0, 0.1) is 5.92 Å². The fourth-order valence-corrected chi connectivity index (χ4v) is 3.90. The van der Waals surface area contributed by atoms with Crippen LogP contribution >= 0.6 is 11.6 Å². The number of carbonyl (C=O) groups is 5. The zero-order chi connectivity index (χ0) is 30.9. The molecule has 0 aliphatic carbocycles. The third-order valence-corrected chi connectivity index (χ3v) is 6.15. The molecule has 0 radical (unpaired) electrons. The van der Waals surface area contributed by atoms with E-state index in [1.165, 1.54) is 69.5 Å². The number of methoxy groups -OCH3 is 1. The normalized spacial score (nSPS) is 13.5. The molecule has 0 bridgehead atoms. The monoisotopic (exact) mass is 598 g/mol. The van der Waals surface area contributed by atoms with Crippen LogP contribution in [0.3, 0.4) is 0 Å². The summed E-state index contributed by atoms with van der Waals surface area (Å²) in [6, 6.07) is 6.57. The van der Waals surface area contributed by atoms with Gasteiger partial charge in [0.2, 0.25) is 17.7 Å². The third kappa shape index (κ3) is 9.78. The van der Waals surface area contributed by atoms with Gasteiger partial charge in [-0.05, 0) is 48.2 Å². The summed E-state index contributed by atoms with van der Waals surface area (Å²) in [5, 5.41) is 7.20. The number of carbonyl (C=O) groups excluding carboxylic acids is 5. The van der Waals surface area contributed by atoms with E-state index in [1.54, 1.807) is 0 Å². The van der Waals surface area contributed by atoms with Gasteiger partial charge in [0, 0.05) is 17.0 Å². The highest BCUT2D eigenvalue weighted by molar-refractivity contribution is 6.31. The minimum absolute atomic E-state index is 0.101. The third-order valence-electron chi connectivity index (χ3n) is 5.91. The van der Waals surface area contributed by atoms with Crippen LogP contribution in [-0.4, -0.2) is 54.8 Å². The molecule has 0 aliphatic heterocycles. The van der Waals surface area contributed by atoms with E-state index in [0.717, 1.165) is 0 Å². The van der Waals surface area contributed by atoms with E-state index in [9.17, 15) is 37.1 Å². The molecule has 0 saturated carbocycles. The lowest BCUT2D eigenvalue weighted by atomic mass is 9.97. The summed E-state index contributed by atoms with van der Waals surface area (Å²) in [5.41, 5.74) is 5.45. The zero-order valence-electron chi connectivity index (χ0n) is 22.4. The van der Waals surface area contributed by atoms with Crippen molar-refractivity contribution >= 4 is 41.0 Å². The summed E-state index contributed by atoms with van der Waals surface area (Å²) in [7, 11) is 1.39. The van der Waals surface area contributed by atoms with E-state index in [4.69, 9.17) is 22.1 Å². The molecule has 4 amide bonds. The number of benzene rings is 2. The quantitative estimate of drug-likeness (QED) is 0.278. The minimum atomic E-state index is -5.22. The minimum Gasteiger partial charge on any atom is -0.497 e. The number of ether oxygens (including phenoxy) is 1. The number of Topliss-reactive ketones (excluding diaryl/α,β-unsaturated/α-hetero) is 1. The molecule has 222 valence electrons. The summed E-state index contributed by atoms with van der Waals surface area (Å²) in [6.07, 6.45) is -5.79. The van der Waals surface area contributed by atoms with Crippen molar-refractivity contribution in [1.29, 1.82) is 0 Å². The Morgan fingerprint density at radius 3 is 2.10 bits per heavy atom. The lowest BCUT2D eigenvalue weighted by Crippen LogP contribution is -2.54. The highest BCUT2D eigenvalue weighted by atomic mass is 35.5. The fourth-order valence-electron chi connectivity index (χ4n) is 3.71. The van der Waals surface area contributed by atoms with Gasteiger partial charge in [0.1, 0.15) is 17.8 Å². The molecule has 5 N–H and O–H groups in total. The number of primary amides is 1. The summed E-state index contributed by atoms with van der Waals surface area (Å²) < 4.78 is 44.7. The van der Waals surface area contributed by atoms with Crippen molar-refractivity contribution in [1.82, 2.24) is 16.0 Å². The van der Waals surface area contributed by atoms with E-state index in [1.807, 2.05) is 0 Å². The van der Waals surface area contributed by atoms with E-state index < -0.39 is 59.6 Å². The Hall–Kier alpha value is -4.13. The van der Waals surface area contributed by atoms with Gasteiger partial charge < -0.3 is 26.4 Å². The molecule has 2 rings (SSSR count). The van der Waals surface area contributed by atoms with Crippen LogP contribution in [0.5, 0.6) is 5.75 Å². The molecule has 41 heavy (non-hydrogen) atoms. The number of amides is 4. The van der Waals surface area contributed by atoms with Crippen LogP contribution in [0.1, 0.15) is 48.7 Å². The number of hydrogen-bond acceptors (Lipinski definition) is 6. The van der Waals surface area contributed by atoms with E-state index in [0.29, 0.717) is 5.75 Å². The predicted molar refractivity (Wildman–Crippen MR) is 143 cm³/mol. The standard InChI is InChI=1S/C27H30ClF3N4O6/c1-14(2)21(23(37)27(29,30)31)34-26(40)22(15-7-9-18(41-3)10-8-15)35-25(39)19(11-12-20(32)36)33-24(38)16-5-4-6-17(28)13-16/h4-10,13-14,19,21-22H,11-12H2,1-3H3,(H2,32,36)(H,33,38)(H,34,40)(H,35,39)/t19-,21-,22-/m0/s1. The first kappa shape index (κ1) is 33.1. The van der Waals surface area contributed by atoms with Crippen molar-refractivity contribution < 1.29 is 41.9 Å². The molecule has 0 unspecified atom stereocenters. The molecule has 0 saturated heterocycles. The van der Waals surface area contributed by atoms with E-state index in [-0.39, 0.29) is 29.0 Å². The van der Waals surface area contributed by atoms with Gasteiger partial charge in [-0.2, -0.15) is 13.2 Å². The van der Waals surface area contributed by atoms with Crippen LogP contribution in [0.15, 0.2) is 48.5 Å². The first-order chi connectivity index (χ1) is 19.1. The summed E-state index contributed by atoms with van der Waals surface area (Å²) in [6.45, 7) is 2.64. The maximum atomic E-state index is 13.4. The molecule has 14 heteroatoms. The second-order valence-corrected chi connectivity index (χ2v) is 9.78. The molecule has 0 aromatic heterocycles. The zero-order valence-corrected chi connectivity index (χ0v) is 23.1. The summed E-state index contributed by atoms with van der Waals surface area (Å²) in [4.78, 5) is 62.9. The average molecular weight is 599 g/mol. The largest absolute Gasteiger partial charge is 0.497 e. The lowest BCUT2D eigenvalue weighted by molar-refractivity contribution is -0.175. The van der Waals surface area contributed by atoms with Crippen LogP contribution in [0.25, 0.3) is 0 Å². The number of ketones is 1. The Morgan fingerprint density at radius 1 is 0.951 bits per heavy atom. The number of nitrogens with two attached hydrogens (primary N) is 1. The topological polar surface area (TPSA) is 157 Å². The highest BCUT2D eigenvalue weighted by Gasteiger charge is 2.45. The van der Waals surface area contributed by atoms with E-state index in [2.05, 4.69) is 16.0 Å². The summed E-state index contributed by atoms with van der Waals surface area (Å²) in [5.74, 6) is -6.27.